The summed E-state index contributed by atoms with van der Waals surface area (Å²) in [5, 5.41) is 0. The molecule has 1 aromatic carbocycles. The normalized spacial score (nSPS) is 10.1. The number of pyridine rings is 1. The largest absolute Gasteiger partial charge is 0.212 e. The molecule has 1 heteroatoms. The van der Waals surface area contributed by atoms with Gasteiger partial charge in [0.1, 0.15) is 7.05 Å². The van der Waals surface area contributed by atoms with E-state index in [2.05, 4.69) is 61.1 Å². The van der Waals surface area contributed by atoms with E-state index in [0.717, 1.165) is 0 Å². The molecule has 0 fully saturated rings. The molecule has 1 nitrogen and oxygen atoms in total. The molecule has 0 bridgehead atoms. The van der Waals surface area contributed by atoms with Gasteiger partial charge in [0.25, 0.3) is 0 Å². The highest BCUT2D eigenvalue weighted by Crippen LogP contribution is 2.14. The maximum Gasteiger partial charge on any atom is 0.212 e. The Kier molecular flexibility index (Phi) is 2.32. The summed E-state index contributed by atoms with van der Waals surface area (Å²) in [7, 11) is 2.08. The van der Waals surface area contributed by atoms with Crippen molar-refractivity contribution in [1.82, 2.24) is 0 Å². The van der Waals surface area contributed by atoms with E-state index in [-0.39, 0.29) is 0 Å². The highest BCUT2D eigenvalue weighted by atomic mass is 14.9. The highest BCUT2D eigenvalue weighted by molar-refractivity contribution is 5.55. The SMILES string of the molecule is Cc1ccc(-c2ccccc2)[n+](C)c1. The molecule has 0 saturated heterocycles. The third-order valence-electron chi connectivity index (χ3n) is 2.35. The summed E-state index contributed by atoms with van der Waals surface area (Å²) in [4.78, 5) is 0. The summed E-state index contributed by atoms with van der Waals surface area (Å²) < 4.78 is 2.16. The van der Waals surface area contributed by atoms with Gasteiger partial charge in [-0.2, -0.15) is 0 Å². The van der Waals surface area contributed by atoms with Crippen molar-refractivity contribution in [2.24, 2.45) is 7.05 Å². The number of hydrogen-bond acceptors (Lipinski definition) is 0. The van der Waals surface area contributed by atoms with Crippen molar-refractivity contribution in [3.63, 3.8) is 0 Å². The molecule has 0 unspecified atom stereocenters. The molecule has 0 aliphatic carbocycles. The molecule has 70 valence electrons. The van der Waals surface area contributed by atoms with Crippen LogP contribution >= 0.6 is 0 Å². The Bertz CT molecular complexity index is 432. The van der Waals surface area contributed by atoms with Gasteiger partial charge in [0.2, 0.25) is 5.69 Å². The fourth-order valence-corrected chi connectivity index (χ4v) is 1.65. The van der Waals surface area contributed by atoms with Gasteiger partial charge in [-0.15, -0.1) is 0 Å². The lowest BCUT2D eigenvalue weighted by Crippen LogP contribution is -2.30. The van der Waals surface area contributed by atoms with Gasteiger partial charge in [0, 0.05) is 17.2 Å². The van der Waals surface area contributed by atoms with Crippen LogP contribution in [0.5, 0.6) is 0 Å². The molecule has 14 heavy (non-hydrogen) atoms. The van der Waals surface area contributed by atoms with Crippen LogP contribution in [0.15, 0.2) is 48.7 Å². The molecule has 0 spiro atoms. The summed E-state index contributed by atoms with van der Waals surface area (Å²) >= 11 is 0. The molecule has 1 aromatic heterocycles. The Morgan fingerprint density at radius 1 is 0.929 bits per heavy atom. The van der Waals surface area contributed by atoms with Gasteiger partial charge < -0.3 is 0 Å². The van der Waals surface area contributed by atoms with Crippen LogP contribution in [0.1, 0.15) is 5.56 Å². The van der Waals surface area contributed by atoms with Gasteiger partial charge in [-0.1, -0.05) is 18.2 Å². The van der Waals surface area contributed by atoms with Crippen molar-refractivity contribution in [2.45, 2.75) is 6.92 Å². The Balaban J connectivity index is 2.53. The Labute approximate surface area is 84.6 Å². The first-order valence-electron chi connectivity index (χ1n) is 4.79. The van der Waals surface area contributed by atoms with Gasteiger partial charge in [0.15, 0.2) is 6.20 Å². The fraction of sp³-hybridized carbons (Fsp3) is 0.154. The summed E-state index contributed by atoms with van der Waals surface area (Å²) in [6.45, 7) is 2.11. The zero-order valence-corrected chi connectivity index (χ0v) is 8.57. The average Bonchev–Trinajstić information content (AvgIpc) is 2.19. The number of aromatic nitrogens is 1. The highest BCUT2D eigenvalue weighted by Gasteiger charge is 2.07. The van der Waals surface area contributed by atoms with Crippen molar-refractivity contribution >= 4 is 0 Å². The second kappa shape index (κ2) is 3.62. The lowest BCUT2D eigenvalue weighted by molar-refractivity contribution is -0.660. The Morgan fingerprint density at radius 2 is 1.64 bits per heavy atom. The lowest BCUT2D eigenvalue weighted by atomic mass is 10.1. The van der Waals surface area contributed by atoms with Gasteiger partial charge >= 0.3 is 0 Å². The molecular formula is C13H14N+. The minimum Gasteiger partial charge on any atom is -0.201 e. The molecule has 0 aliphatic rings. The van der Waals surface area contributed by atoms with E-state index in [9.17, 15) is 0 Å². The molecule has 1 heterocycles. The number of aryl methyl sites for hydroxylation is 2. The average molecular weight is 184 g/mol. The predicted molar refractivity (Wildman–Crippen MR) is 57.8 cm³/mol. The first-order chi connectivity index (χ1) is 6.77. The van der Waals surface area contributed by atoms with Gasteiger partial charge in [-0.25, -0.2) is 4.57 Å². The van der Waals surface area contributed by atoms with E-state index in [1.165, 1.54) is 16.8 Å². The third kappa shape index (κ3) is 1.67. The smallest absolute Gasteiger partial charge is 0.201 e. The van der Waals surface area contributed by atoms with E-state index in [1.807, 2.05) is 6.07 Å². The second-order valence-electron chi connectivity index (χ2n) is 3.57. The van der Waals surface area contributed by atoms with Crippen LogP contribution in [0.25, 0.3) is 11.3 Å². The first-order valence-corrected chi connectivity index (χ1v) is 4.79. The first kappa shape index (κ1) is 8.95. The summed E-state index contributed by atoms with van der Waals surface area (Å²) in [6.07, 6.45) is 2.14. The van der Waals surface area contributed by atoms with E-state index < -0.39 is 0 Å². The molecule has 0 radical (unpaired) electrons. The minimum atomic E-state index is 1.25. The zero-order valence-electron chi connectivity index (χ0n) is 8.57. The predicted octanol–water partition coefficient (Wildman–Crippen LogP) is 2.49. The molecule has 0 saturated carbocycles. The third-order valence-corrected chi connectivity index (χ3v) is 2.35. The quantitative estimate of drug-likeness (QED) is 0.599. The Hall–Kier alpha value is -1.63. The van der Waals surface area contributed by atoms with Crippen molar-refractivity contribution in [2.75, 3.05) is 0 Å². The molecule has 0 N–H and O–H groups in total. The topological polar surface area (TPSA) is 3.88 Å². The fourth-order valence-electron chi connectivity index (χ4n) is 1.65. The number of rotatable bonds is 1. The second-order valence-corrected chi connectivity index (χ2v) is 3.57. The van der Waals surface area contributed by atoms with Crippen molar-refractivity contribution in [3.8, 4) is 11.3 Å². The van der Waals surface area contributed by atoms with Crippen molar-refractivity contribution in [1.29, 1.82) is 0 Å². The van der Waals surface area contributed by atoms with Crippen LogP contribution in [-0.2, 0) is 7.05 Å². The van der Waals surface area contributed by atoms with E-state index >= 15 is 0 Å². The van der Waals surface area contributed by atoms with Crippen LogP contribution in [-0.4, -0.2) is 0 Å². The van der Waals surface area contributed by atoms with E-state index in [4.69, 9.17) is 0 Å². The van der Waals surface area contributed by atoms with Crippen LogP contribution in [0.2, 0.25) is 0 Å². The standard InChI is InChI=1S/C13H14N/c1-11-8-9-13(14(2)10-11)12-6-4-3-5-7-12/h3-10H,1-2H3/q+1. The van der Waals surface area contributed by atoms with Crippen molar-refractivity contribution in [3.05, 3.63) is 54.2 Å². The minimum absolute atomic E-state index is 1.25. The maximum absolute atomic E-state index is 2.16. The number of nitrogens with zero attached hydrogens (tertiary/aromatic N) is 1. The number of benzene rings is 1. The number of hydrogen-bond donors (Lipinski definition) is 0. The van der Waals surface area contributed by atoms with Crippen LogP contribution in [0.4, 0.5) is 0 Å². The Morgan fingerprint density at radius 3 is 2.29 bits per heavy atom. The van der Waals surface area contributed by atoms with Crippen LogP contribution in [0.3, 0.4) is 0 Å². The molecule has 2 aromatic rings. The summed E-state index contributed by atoms with van der Waals surface area (Å²) in [6, 6.07) is 14.7. The molecule has 0 atom stereocenters. The zero-order chi connectivity index (χ0) is 9.97. The van der Waals surface area contributed by atoms with Gasteiger partial charge in [-0.05, 0) is 25.1 Å². The summed E-state index contributed by atoms with van der Waals surface area (Å²) in [5.41, 5.74) is 3.79. The van der Waals surface area contributed by atoms with E-state index in [0.29, 0.717) is 0 Å². The molecule has 0 aliphatic heterocycles. The molecular weight excluding hydrogens is 170 g/mol. The van der Waals surface area contributed by atoms with Gasteiger partial charge in [0.05, 0.1) is 0 Å². The monoisotopic (exact) mass is 184 g/mol. The van der Waals surface area contributed by atoms with Crippen molar-refractivity contribution < 1.29 is 4.57 Å². The van der Waals surface area contributed by atoms with Crippen LogP contribution < -0.4 is 4.57 Å². The summed E-state index contributed by atoms with van der Waals surface area (Å²) in [5.74, 6) is 0. The molecule has 2 rings (SSSR count). The molecule has 0 amide bonds. The maximum atomic E-state index is 2.16. The van der Waals surface area contributed by atoms with Gasteiger partial charge in [-0.3, -0.25) is 0 Å². The lowest BCUT2D eigenvalue weighted by Gasteiger charge is -2.00. The van der Waals surface area contributed by atoms with Crippen LogP contribution in [0, 0.1) is 6.92 Å². The van der Waals surface area contributed by atoms with E-state index in [1.54, 1.807) is 0 Å².